The van der Waals surface area contributed by atoms with Gasteiger partial charge >= 0.3 is 0 Å². The summed E-state index contributed by atoms with van der Waals surface area (Å²) < 4.78 is 3.30. The fourth-order valence-electron chi connectivity index (χ4n) is 2.89. The lowest BCUT2D eigenvalue weighted by Crippen LogP contribution is -2.09. The molecule has 0 fully saturated rings. The number of rotatable bonds is 3. The molecule has 0 aliphatic carbocycles. The van der Waals surface area contributed by atoms with E-state index in [1.54, 1.807) is 11.3 Å². The summed E-state index contributed by atoms with van der Waals surface area (Å²) in [4.78, 5) is 0.895. The Kier molecular flexibility index (Phi) is 4.50. The lowest BCUT2D eigenvalue weighted by atomic mass is 10.0. The summed E-state index contributed by atoms with van der Waals surface area (Å²) in [5, 5.41) is 8.92. The van der Waals surface area contributed by atoms with Gasteiger partial charge in [0.25, 0.3) is 0 Å². The number of hydrogen-bond acceptors (Lipinski definition) is 3. The fourth-order valence-corrected chi connectivity index (χ4v) is 3.86. The van der Waals surface area contributed by atoms with Gasteiger partial charge in [-0.1, -0.05) is 78.1 Å². The molecule has 0 atom stereocenters. The van der Waals surface area contributed by atoms with Gasteiger partial charge in [-0.3, -0.25) is 0 Å². The third kappa shape index (κ3) is 3.24. The summed E-state index contributed by atoms with van der Waals surface area (Å²) in [5.74, 6) is 0. The molecule has 0 saturated carbocycles. The first-order valence-corrected chi connectivity index (χ1v) is 9.33. The molecule has 0 unspecified atom stereocenters. The molecule has 1 heterocycles. The molecule has 3 aromatic carbocycles. The maximum Gasteiger partial charge on any atom is 0.211 e. The molecule has 4 aromatic rings. The molecule has 0 spiro atoms. The van der Waals surface area contributed by atoms with E-state index in [0.29, 0.717) is 0 Å². The lowest BCUT2D eigenvalue weighted by molar-refractivity contribution is 0.888. The second-order valence-electron chi connectivity index (χ2n) is 6.14. The van der Waals surface area contributed by atoms with Crippen LogP contribution in [0.25, 0.3) is 21.3 Å². The van der Waals surface area contributed by atoms with Gasteiger partial charge < -0.3 is 4.57 Å². The largest absolute Gasteiger partial charge is 0.318 e. The quantitative estimate of drug-likeness (QED) is 0.355. The Hall–Kier alpha value is -2.98. The molecule has 4 rings (SSSR count). The Morgan fingerprint density at radius 1 is 0.808 bits per heavy atom. The molecule has 0 radical (unpaired) electrons. The van der Waals surface area contributed by atoms with Gasteiger partial charge in [-0.2, -0.15) is 5.10 Å². The van der Waals surface area contributed by atoms with Crippen molar-refractivity contribution >= 4 is 27.3 Å². The highest BCUT2D eigenvalue weighted by atomic mass is 32.1. The van der Waals surface area contributed by atoms with Crippen molar-refractivity contribution in [2.75, 3.05) is 0 Å². The van der Waals surface area contributed by atoms with Crippen LogP contribution in [0.1, 0.15) is 12.5 Å². The van der Waals surface area contributed by atoms with Crippen LogP contribution in [0.5, 0.6) is 0 Å². The van der Waals surface area contributed by atoms with Gasteiger partial charge in [0, 0.05) is 7.05 Å². The number of aromatic nitrogens is 1. The third-order valence-corrected chi connectivity index (χ3v) is 5.51. The number of para-hydroxylation sites is 1. The number of thiazole rings is 1. The predicted octanol–water partition coefficient (Wildman–Crippen LogP) is 5.23. The average molecular weight is 357 g/mol. The summed E-state index contributed by atoms with van der Waals surface area (Å²) in [6, 6.07) is 27.1. The summed E-state index contributed by atoms with van der Waals surface area (Å²) in [6.07, 6.45) is 0. The van der Waals surface area contributed by atoms with Crippen molar-refractivity contribution in [2.24, 2.45) is 17.3 Å². The molecule has 0 bridgehead atoms. The molecule has 0 aliphatic rings. The van der Waals surface area contributed by atoms with Gasteiger partial charge in [-0.25, -0.2) is 0 Å². The molecular weight excluding hydrogens is 338 g/mol. The Balaban J connectivity index is 1.64. The van der Waals surface area contributed by atoms with Gasteiger partial charge in [0.15, 0.2) is 0 Å². The minimum atomic E-state index is 0.895. The van der Waals surface area contributed by atoms with Crippen LogP contribution in [-0.2, 0) is 7.05 Å². The van der Waals surface area contributed by atoms with Crippen molar-refractivity contribution in [2.45, 2.75) is 6.92 Å². The van der Waals surface area contributed by atoms with Crippen LogP contribution in [0.4, 0.5) is 0 Å². The van der Waals surface area contributed by atoms with Crippen LogP contribution in [0.3, 0.4) is 0 Å². The van der Waals surface area contributed by atoms with Crippen molar-refractivity contribution < 1.29 is 0 Å². The molecular formula is C22H19N3S. The average Bonchev–Trinajstić information content (AvgIpc) is 3.03. The zero-order chi connectivity index (χ0) is 17.9. The topological polar surface area (TPSA) is 29.6 Å². The van der Waals surface area contributed by atoms with E-state index in [4.69, 9.17) is 0 Å². The van der Waals surface area contributed by atoms with E-state index in [-0.39, 0.29) is 0 Å². The first-order valence-electron chi connectivity index (χ1n) is 8.51. The number of nitrogens with zero attached hydrogens (tertiary/aromatic N) is 3. The first-order chi connectivity index (χ1) is 12.7. The molecule has 4 heteroatoms. The molecule has 0 aliphatic heterocycles. The molecule has 0 amide bonds. The van der Waals surface area contributed by atoms with Crippen molar-refractivity contribution in [1.82, 2.24) is 4.57 Å². The minimum Gasteiger partial charge on any atom is -0.318 e. The zero-order valence-electron chi connectivity index (χ0n) is 14.8. The highest BCUT2D eigenvalue weighted by molar-refractivity contribution is 7.16. The number of hydrogen-bond donors (Lipinski definition) is 0. The standard InChI is InChI=1S/C22H19N3S/c1-16(17-12-14-19(15-13-17)18-8-4-3-5-9-18)23-24-22-25(2)20-10-6-7-11-21(20)26-22/h3-15H,1-2H3/b23-16+,24-22+. The normalized spacial score (nSPS) is 12.7. The molecule has 0 N–H and O–H groups in total. The molecule has 128 valence electrons. The maximum atomic E-state index is 4.47. The lowest BCUT2D eigenvalue weighted by Gasteiger charge is -2.03. The third-order valence-electron chi connectivity index (χ3n) is 4.41. The zero-order valence-corrected chi connectivity index (χ0v) is 15.6. The van der Waals surface area contributed by atoms with Crippen molar-refractivity contribution in [3.8, 4) is 11.1 Å². The number of benzene rings is 3. The van der Waals surface area contributed by atoms with Crippen LogP contribution in [0, 0.1) is 0 Å². The van der Waals surface area contributed by atoms with Crippen LogP contribution in [-0.4, -0.2) is 10.3 Å². The van der Waals surface area contributed by atoms with Gasteiger partial charge in [0.2, 0.25) is 4.80 Å². The summed E-state index contributed by atoms with van der Waals surface area (Å²) in [5.41, 5.74) is 5.58. The molecule has 26 heavy (non-hydrogen) atoms. The van der Waals surface area contributed by atoms with Gasteiger partial charge in [-0.15, -0.1) is 5.10 Å². The molecule has 1 aromatic heterocycles. The molecule has 3 nitrogen and oxygen atoms in total. The number of aryl methyl sites for hydroxylation is 1. The van der Waals surface area contributed by atoms with Gasteiger partial charge in [0.05, 0.1) is 15.9 Å². The van der Waals surface area contributed by atoms with E-state index in [1.807, 2.05) is 32.2 Å². The number of fused-ring (bicyclic) bond motifs is 1. The SMILES string of the molecule is C/C(=N\N=c1\sc2ccccc2n1C)c1ccc(-c2ccccc2)cc1. The Morgan fingerprint density at radius 3 is 2.19 bits per heavy atom. The Morgan fingerprint density at radius 2 is 1.46 bits per heavy atom. The van der Waals surface area contributed by atoms with Crippen molar-refractivity contribution in [3.05, 3.63) is 89.2 Å². The Labute approximate surface area is 156 Å². The van der Waals surface area contributed by atoms with Crippen molar-refractivity contribution in [1.29, 1.82) is 0 Å². The first kappa shape index (κ1) is 16.5. The smallest absolute Gasteiger partial charge is 0.211 e. The highest BCUT2D eigenvalue weighted by Gasteiger charge is 2.02. The second-order valence-corrected chi connectivity index (χ2v) is 7.15. The maximum absolute atomic E-state index is 4.47. The summed E-state index contributed by atoms with van der Waals surface area (Å²) >= 11 is 1.65. The van der Waals surface area contributed by atoms with Crippen LogP contribution in [0.2, 0.25) is 0 Å². The van der Waals surface area contributed by atoms with Crippen LogP contribution >= 0.6 is 11.3 Å². The minimum absolute atomic E-state index is 0.895. The molecule has 0 saturated heterocycles. The van der Waals surface area contributed by atoms with E-state index in [1.165, 1.54) is 21.3 Å². The van der Waals surface area contributed by atoms with E-state index in [9.17, 15) is 0 Å². The monoisotopic (exact) mass is 357 g/mol. The van der Waals surface area contributed by atoms with E-state index in [2.05, 4.69) is 75.4 Å². The fraction of sp³-hybridized carbons (Fsp3) is 0.0909. The van der Waals surface area contributed by atoms with Crippen LogP contribution < -0.4 is 4.80 Å². The predicted molar refractivity (Wildman–Crippen MR) is 110 cm³/mol. The van der Waals surface area contributed by atoms with Gasteiger partial charge in [0.1, 0.15) is 0 Å². The summed E-state index contributed by atoms with van der Waals surface area (Å²) in [6.45, 7) is 1.99. The van der Waals surface area contributed by atoms with Crippen molar-refractivity contribution in [3.63, 3.8) is 0 Å². The van der Waals surface area contributed by atoms with Gasteiger partial charge in [-0.05, 0) is 35.7 Å². The van der Waals surface area contributed by atoms with E-state index in [0.717, 1.165) is 16.1 Å². The van der Waals surface area contributed by atoms with E-state index < -0.39 is 0 Å². The second kappa shape index (κ2) is 7.10. The van der Waals surface area contributed by atoms with E-state index >= 15 is 0 Å². The van der Waals surface area contributed by atoms with Crippen LogP contribution in [0.15, 0.2) is 89.1 Å². The highest BCUT2D eigenvalue weighted by Crippen LogP contribution is 2.19. The Bertz CT molecular complexity index is 1130. The summed E-state index contributed by atoms with van der Waals surface area (Å²) in [7, 11) is 2.02.